The maximum atomic E-state index is 12.3. The molecule has 0 atom stereocenters. The minimum absolute atomic E-state index is 0.0338. The normalized spacial score (nSPS) is 17.6. The minimum Gasteiger partial charge on any atom is -0.306 e. The van der Waals surface area contributed by atoms with E-state index < -0.39 is 0 Å². The third kappa shape index (κ3) is 4.15. The van der Waals surface area contributed by atoms with Crippen LogP contribution in [0.5, 0.6) is 0 Å². The van der Waals surface area contributed by atoms with E-state index in [9.17, 15) is 4.79 Å². The number of piperidine rings is 1. The molecule has 2 aromatic rings. The van der Waals surface area contributed by atoms with Gasteiger partial charge >= 0.3 is 5.69 Å². The Labute approximate surface area is 150 Å². The highest BCUT2D eigenvalue weighted by Crippen LogP contribution is 2.24. The van der Waals surface area contributed by atoms with Crippen molar-refractivity contribution in [3.63, 3.8) is 0 Å². The average molecular weight is 345 g/mol. The van der Waals surface area contributed by atoms with E-state index in [1.165, 1.54) is 6.42 Å². The Morgan fingerprint density at radius 1 is 1.20 bits per heavy atom. The van der Waals surface area contributed by atoms with Crippen molar-refractivity contribution in [2.24, 2.45) is 0 Å². The summed E-state index contributed by atoms with van der Waals surface area (Å²) in [5, 5.41) is 0. The van der Waals surface area contributed by atoms with Crippen LogP contribution in [0.15, 0.2) is 29.1 Å². The molecule has 3 rings (SSSR count). The number of H-pyrrole nitrogens is 1. The SMILES string of the molecule is CN(CCCN1CCC(n2c(=O)[nH]c3ccccc32)CC1)C(C)(C)C. The van der Waals surface area contributed by atoms with Crippen LogP contribution in [0.1, 0.15) is 46.1 Å². The lowest BCUT2D eigenvalue weighted by molar-refractivity contribution is 0.146. The van der Waals surface area contributed by atoms with Crippen LogP contribution >= 0.6 is 0 Å². The van der Waals surface area contributed by atoms with E-state index >= 15 is 0 Å². The molecule has 1 aliphatic heterocycles. The van der Waals surface area contributed by atoms with Crippen LogP contribution in [0.2, 0.25) is 0 Å². The molecule has 0 amide bonds. The van der Waals surface area contributed by atoms with Gasteiger partial charge in [0.1, 0.15) is 0 Å². The molecular formula is C20H32N4O. The molecule has 0 saturated carbocycles. The highest BCUT2D eigenvalue weighted by Gasteiger charge is 2.23. The zero-order valence-electron chi connectivity index (χ0n) is 16.1. The largest absolute Gasteiger partial charge is 0.326 e. The summed E-state index contributed by atoms with van der Waals surface area (Å²) in [7, 11) is 2.20. The molecule has 0 radical (unpaired) electrons. The number of imidazole rings is 1. The first-order valence-electron chi connectivity index (χ1n) is 9.49. The number of nitrogens with one attached hydrogen (secondary N) is 1. The van der Waals surface area contributed by atoms with Gasteiger partial charge in [-0.2, -0.15) is 0 Å². The van der Waals surface area contributed by atoms with Crippen molar-refractivity contribution in [1.29, 1.82) is 0 Å². The van der Waals surface area contributed by atoms with Gasteiger partial charge in [-0.15, -0.1) is 0 Å². The number of aromatic amines is 1. The van der Waals surface area contributed by atoms with Crippen LogP contribution < -0.4 is 5.69 Å². The van der Waals surface area contributed by atoms with Crippen LogP contribution in [0.3, 0.4) is 0 Å². The summed E-state index contributed by atoms with van der Waals surface area (Å²) >= 11 is 0. The fourth-order valence-corrected chi connectivity index (χ4v) is 3.70. The Kier molecular flexibility index (Phi) is 5.35. The lowest BCUT2D eigenvalue weighted by Crippen LogP contribution is -2.41. The lowest BCUT2D eigenvalue weighted by Gasteiger charge is -2.35. The lowest BCUT2D eigenvalue weighted by atomic mass is 10.0. The van der Waals surface area contributed by atoms with Crippen molar-refractivity contribution < 1.29 is 0 Å². The third-order valence-electron chi connectivity index (χ3n) is 5.66. The number of hydrogen-bond acceptors (Lipinski definition) is 3. The summed E-state index contributed by atoms with van der Waals surface area (Å²) in [4.78, 5) is 20.3. The second-order valence-electron chi connectivity index (χ2n) is 8.34. The zero-order valence-corrected chi connectivity index (χ0v) is 16.1. The first-order chi connectivity index (χ1) is 11.9. The Morgan fingerprint density at radius 3 is 2.56 bits per heavy atom. The first kappa shape index (κ1) is 18.2. The molecule has 25 heavy (non-hydrogen) atoms. The molecule has 1 aromatic carbocycles. The molecule has 1 aliphatic rings. The van der Waals surface area contributed by atoms with Gasteiger partial charge in [-0.3, -0.25) is 4.57 Å². The summed E-state index contributed by atoms with van der Waals surface area (Å²) < 4.78 is 1.97. The second kappa shape index (κ2) is 7.34. The Morgan fingerprint density at radius 2 is 1.88 bits per heavy atom. The van der Waals surface area contributed by atoms with Crippen molar-refractivity contribution in [2.45, 2.75) is 51.6 Å². The molecule has 1 fully saturated rings. The molecular weight excluding hydrogens is 312 g/mol. The molecule has 0 unspecified atom stereocenters. The highest BCUT2D eigenvalue weighted by atomic mass is 16.1. The standard InChI is InChI=1S/C20H32N4O/c1-20(2,3)22(4)12-7-13-23-14-10-16(11-15-23)24-18-9-6-5-8-17(18)21-19(24)25/h5-6,8-9,16H,7,10-15H2,1-4H3,(H,21,25). The predicted octanol–water partition coefficient (Wildman–Crippen LogP) is 3.09. The number of hydrogen-bond donors (Lipinski definition) is 1. The topological polar surface area (TPSA) is 44.3 Å². The Bertz CT molecular complexity index is 747. The van der Waals surface area contributed by atoms with Crippen molar-refractivity contribution >= 4 is 11.0 Å². The molecule has 0 aliphatic carbocycles. The quantitative estimate of drug-likeness (QED) is 0.906. The van der Waals surface area contributed by atoms with E-state index in [0.29, 0.717) is 6.04 Å². The fourth-order valence-electron chi connectivity index (χ4n) is 3.70. The highest BCUT2D eigenvalue weighted by molar-refractivity contribution is 5.75. The van der Waals surface area contributed by atoms with Crippen LogP contribution in [-0.4, -0.2) is 58.1 Å². The van der Waals surface area contributed by atoms with E-state index in [-0.39, 0.29) is 11.2 Å². The van der Waals surface area contributed by atoms with Crippen molar-refractivity contribution in [3.05, 3.63) is 34.7 Å². The van der Waals surface area contributed by atoms with E-state index in [2.05, 4.69) is 42.6 Å². The third-order valence-corrected chi connectivity index (χ3v) is 5.66. The molecule has 2 heterocycles. The Balaban J connectivity index is 1.54. The Hall–Kier alpha value is -1.59. The van der Waals surface area contributed by atoms with Gasteiger partial charge in [0.05, 0.1) is 11.0 Å². The van der Waals surface area contributed by atoms with Gasteiger partial charge in [0.15, 0.2) is 0 Å². The van der Waals surface area contributed by atoms with E-state index in [1.54, 1.807) is 0 Å². The molecule has 1 N–H and O–H groups in total. The fraction of sp³-hybridized carbons (Fsp3) is 0.650. The molecule has 138 valence electrons. The number of likely N-dealkylation sites (tertiary alicyclic amines) is 1. The van der Waals surface area contributed by atoms with Gasteiger partial charge in [-0.25, -0.2) is 4.79 Å². The monoisotopic (exact) mass is 344 g/mol. The summed E-state index contributed by atoms with van der Waals surface area (Å²) in [6.45, 7) is 11.2. The van der Waals surface area contributed by atoms with Gasteiger partial charge < -0.3 is 14.8 Å². The summed E-state index contributed by atoms with van der Waals surface area (Å²) in [5.41, 5.74) is 2.26. The van der Waals surface area contributed by atoms with Gasteiger partial charge in [-0.1, -0.05) is 12.1 Å². The minimum atomic E-state index is 0.0338. The smallest absolute Gasteiger partial charge is 0.306 e. The number of aromatic nitrogens is 2. The molecule has 0 spiro atoms. The predicted molar refractivity (Wildman–Crippen MR) is 104 cm³/mol. The van der Waals surface area contributed by atoms with Crippen LogP contribution in [-0.2, 0) is 0 Å². The number of fused-ring (bicyclic) bond motifs is 1. The van der Waals surface area contributed by atoms with Gasteiger partial charge in [0.25, 0.3) is 0 Å². The van der Waals surface area contributed by atoms with E-state index in [4.69, 9.17) is 0 Å². The van der Waals surface area contributed by atoms with Crippen molar-refractivity contribution in [2.75, 3.05) is 33.2 Å². The number of benzene rings is 1. The van der Waals surface area contributed by atoms with Gasteiger partial charge in [0, 0.05) is 24.7 Å². The van der Waals surface area contributed by atoms with Crippen LogP contribution in [0.25, 0.3) is 11.0 Å². The number of para-hydroxylation sites is 2. The second-order valence-corrected chi connectivity index (χ2v) is 8.34. The molecule has 5 heteroatoms. The average Bonchev–Trinajstić information content (AvgIpc) is 2.90. The molecule has 1 aromatic heterocycles. The number of rotatable bonds is 5. The zero-order chi connectivity index (χ0) is 18.0. The maximum absolute atomic E-state index is 12.3. The maximum Gasteiger partial charge on any atom is 0.326 e. The first-order valence-corrected chi connectivity index (χ1v) is 9.49. The molecule has 0 bridgehead atoms. The van der Waals surface area contributed by atoms with Gasteiger partial charge in [-0.05, 0) is 72.3 Å². The van der Waals surface area contributed by atoms with Crippen molar-refractivity contribution in [3.8, 4) is 0 Å². The summed E-state index contributed by atoms with van der Waals surface area (Å²) in [6.07, 6.45) is 3.30. The van der Waals surface area contributed by atoms with E-state index in [1.807, 2.05) is 28.8 Å². The number of nitrogens with zero attached hydrogens (tertiary/aromatic N) is 3. The molecule has 1 saturated heterocycles. The van der Waals surface area contributed by atoms with Crippen molar-refractivity contribution in [1.82, 2.24) is 19.4 Å². The van der Waals surface area contributed by atoms with Gasteiger partial charge in [0.2, 0.25) is 0 Å². The summed E-state index contributed by atoms with van der Waals surface area (Å²) in [5.74, 6) is 0. The van der Waals surface area contributed by atoms with Crippen LogP contribution in [0.4, 0.5) is 0 Å². The van der Waals surface area contributed by atoms with Crippen LogP contribution in [0, 0.1) is 0 Å². The summed E-state index contributed by atoms with van der Waals surface area (Å²) in [6, 6.07) is 8.32. The molecule has 5 nitrogen and oxygen atoms in total. The van der Waals surface area contributed by atoms with E-state index in [0.717, 1.165) is 50.1 Å².